The zero-order valence-corrected chi connectivity index (χ0v) is 54.7. The van der Waals surface area contributed by atoms with E-state index in [1.807, 2.05) is 6.92 Å². The van der Waals surface area contributed by atoms with Crippen molar-refractivity contribution in [2.45, 2.75) is 190 Å². The van der Waals surface area contributed by atoms with E-state index in [9.17, 15) is 67.7 Å². The van der Waals surface area contributed by atoms with Gasteiger partial charge < -0.3 is 90.8 Å². The van der Waals surface area contributed by atoms with Gasteiger partial charge in [-0.15, -0.1) is 0 Å². The predicted molar refractivity (Wildman–Crippen MR) is 348 cm³/mol. The van der Waals surface area contributed by atoms with E-state index in [0.29, 0.717) is 43.2 Å². The normalized spacial score (nSPS) is 18.4. The lowest BCUT2D eigenvalue weighted by Crippen LogP contribution is -2.61. The van der Waals surface area contributed by atoms with E-state index >= 15 is 4.79 Å². The van der Waals surface area contributed by atoms with Gasteiger partial charge in [0.25, 0.3) is 0 Å². The van der Waals surface area contributed by atoms with E-state index in [1.54, 1.807) is 51.1 Å². The number of nitrogens with zero attached hydrogens (tertiary/aromatic N) is 2. The van der Waals surface area contributed by atoms with Gasteiger partial charge >= 0.3 is 6.03 Å². The van der Waals surface area contributed by atoms with Crippen molar-refractivity contribution in [3.8, 4) is 5.75 Å². The number of carbonyl (C=O) groups excluding carboxylic acids is 13. The molecule has 19 N–H and O–H groups in total. The number of primary amides is 3. The van der Waals surface area contributed by atoms with Gasteiger partial charge in [0.1, 0.15) is 66.2 Å². The third-order valence-electron chi connectivity index (χ3n) is 16.1. The first-order valence-corrected chi connectivity index (χ1v) is 32.5. The Morgan fingerprint density at radius 3 is 1.68 bits per heavy atom. The number of nitrogens with one attached hydrogen (secondary N) is 9. The summed E-state index contributed by atoms with van der Waals surface area (Å²) in [5.74, 6) is -10.8. The first kappa shape index (κ1) is 77.2. The lowest BCUT2D eigenvalue weighted by molar-refractivity contribution is -0.148. The fraction of sp³-hybridized carbons (Fsp3) is 0.590. The minimum atomic E-state index is -1.64. The summed E-state index contributed by atoms with van der Waals surface area (Å²) in [6.07, 6.45) is -0.653. The average Bonchev–Trinajstić information content (AvgIpc) is 1.69. The molecule has 32 heteroatoms. The molecule has 0 aliphatic carbocycles. The number of aliphatic hydroxyl groups is 1. The van der Waals surface area contributed by atoms with Gasteiger partial charge in [0.2, 0.25) is 70.9 Å². The number of carbonyl (C=O) groups is 13. The highest BCUT2D eigenvalue weighted by Crippen LogP contribution is 2.27. The lowest BCUT2D eigenvalue weighted by Gasteiger charge is -2.34. The molecular weight excluding hydrogens is 1250 g/mol. The molecule has 2 fully saturated rings. The predicted octanol–water partition coefficient (Wildman–Crippen LogP) is -2.96. The molecule has 0 saturated carbocycles. The molecule has 0 bridgehead atoms. The summed E-state index contributed by atoms with van der Waals surface area (Å²) in [6.45, 7) is 6.72. The second-order valence-corrected chi connectivity index (χ2v) is 24.1. The van der Waals surface area contributed by atoms with Gasteiger partial charge in [-0.05, 0) is 74.1 Å². The summed E-state index contributed by atoms with van der Waals surface area (Å²) in [4.78, 5) is 180. The van der Waals surface area contributed by atoms with Gasteiger partial charge in [-0.2, -0.15) is 25.3 Å². The van der Waals surface area contributed by atoms with Gasteiger partial charge in [-0.3, -0.25) is 57.5 Å². The number of aromatic hydroxyl groups is 1. The van der Waals surface area contributed by atoms with Crippen molar-refractivity contribution >= 4 is 102 Å². The van der Waals surface area contributed by atoms with Crippen LogP contribution in [0, 0.1) is 5.92 Å². The molecular formula is C61H93N15O15S2. The molecule has 0 radical (unpaired) electrons. The molecule has 2 saturated heterocycles. The maximum atomic E-state index is 15.2. The second-order valence-electron chi connectivity index (χ2n) is 23.3. The molecule has 2 heterocycles. The highest BCUT2D eigenvalue weighted by atomic mass is 32.1. The maximum Gasteiger partial charge on any atom is 0.312 e. The largest absolute Gasteiger partial charge is 0.508 e. The van der Waals surface area contributed by atoms with Crippen LogP contribution in [0.5, 0.6) is 5.75 Å². The van der Waals surface area contributed by atoms with Crippen molar-refractivity contribution in [3.63, 3.8) is 0 Å². The number of rotatable bonds is 38. The van der Waals surface area contributed by atoms with Crippen LogP contribution in [0.4, 0.5) is 4.79 Å². The van der Waals surface area contributed by atoms with Crippen molar-refractivity contribution in [2.75, 3.05) is 31.1 Å². The number of likely N-dealkylation sites (tertiary alicyclic amines) is 2. The number of phenolic OH excluding ortho intramolecular Hbond substituents is 1. The summed E-state index contributed by atoms with van der Waals surface area (Å²) < 4.78 is 0. The summed E-state index contributed by atoms with van der Waals surface area (Å²) in [5.41, 5.74) is 23.1. The van der Waals surface area contributed by atoms with Gasteiger partial charge in [0.05, 0.1) is 12.1 Å². The fourth-order valence-corrected chi connectivity index (χ4v) is 11.2. The number of urea groups is 1. The SMILES string of the molecule is CCC[C@H](NC(=O)[C@@H](NC(=O)[C@@H]1C[C@@H](O)CN1C(=O)[C@@H]1CCCN1C(=O)[C@H](Cc1ccccc1)NC(=O)[C@H](Cc1ccc(O)cc1)NC(=O)[C@H](CCC(N)=O)NC(=O)[C@H](CCCNC(N)=O)NC(=O)[C@H](CS)NC(=O)[C@@H](N)CCC)[C@@H](C)CC)C(=O)N[C@@H](CS)C(N)=O. The van der Waals surface area contributed by atoms with Gasteiger partial charge in [-0.1, -0.05) is 89.4 Å². The van der Waals surface area contributed by atoms with Crippen LogP contribution in [0.3, 0.4) is 0 Å². The van der Waals surface area contributed by atoms with Crippen molar-refractivity contribution in [3.05, 3.63) is 65.7 Å². The molecule has 0 aromatic heterocycles. The maximum absolute atomic E-state index is 15.2. The summed E-state index contributed by atoms with van der Waals surface area (Å²) in [5, 5.41) is 44.6. The molecule has 93 heavy (non-hydrogen) atoms. The number of benzene rings is 2. The number of β-amino-alcohol motifs (C(OH)–C–C–N with tert-alkyl or cyclic N) is 1. The van der Waals surface area contributed by atoms with Crippen LogP contribution in [0.2, 0.25) is 0 Å². The Labute approximate surface area is 551 Å². The number of aliphatic hydroxyl groups excluding tert-OH is 1. The molecule has 2 aliphatic heterocycles. The van der Waals surface area contributed by atoms with E-state index in [4.69, 9.17) is 22.9 Å². The zero-order valence-electron chi connectivity index (χ0n) is 52.9. The van der Waals surface area contributed by atoms with Crippen molar-refractivity contribution in [1.29, 1.82) is 0 Å². The average molecular weight is 1340 g/mol. The molecule has 13 atom stereocenters. The van der Waals surface area contributed by atoms with E-state index in [0.717, 1.165) is 4.90 Å². The monoisotopic (exact) mass is 1340 g/mol. The molecule has 4 rings (SSSR count). The number of thiol groups is 2. The standard InChI is InChI=1S/C61H93N15O15S2/c1-5-13-38(62)51(81)73-45(32-93)56(86)67-40(17-11-25-66-61(65)91)53(83)68-41(23-24-48(63)79)54(84)70-42(27-35-19-21-36(77)22-20-35)55(85)71-43(28-34-15-9-8-10-16-34)59(89)75-26-12-18-46(75)60(90)76-30-37(78)29-47(76)57(87)74-49(33(4)7-3)58(88)69-39(14-6-2)52(82)72-44(31-92)50(64)80/h8-10,15-16,19-22,33,37-47,49,77-78,92-93H,5-7,11-14,17-18,23-32,62H2,1-4H3,(H2,63,79)(H2,64,80)(H,67,86)(H,68,83)(H,69,88)(H,70,84)(H,71,85)(H,72,82)(H,73,81)(H,74,87)(H3,65,66,91)/t33-,37+,38-,39-,40-,41-,42-,43-,44-,45-,46-,47-,49-/m0/s1. The molecule has 2 aromatic rings. The zero-order chi connectivity index (χ0) is 69.1. The van der Waals surface area contributed by atoms with Gasteiger partial charge in [0, 0.05) is 56.8 Å². The Bertz CT molecular complexity index is 2920. The molecule has 14 amide bonds. The molecule has 0 spiro atoms. The summed E-state index contributed by atoms with van der Waals surface area (Å²) >= 11 is 8.29. The Hall–Kier alpha value is -8.23. The smallest absolute Gasteiger partial charge is 0.312 e. The quantitative estimate of drug-likeness (QED) is 0.0236. The Balaban J connectivity index is 1.66. The van der Waals surface area contributed by atoms with E-state index in [2.05, 4.69) is 73.1 Å². The van der Waals surface area contributed by atoms with Crippen molar-refractivity contribution in [1.82, 2.24) is 57.7 Å². The van der Waals surface area contributed by atoms with Crippen LogP contribution in [0.15, 0.2) is 54.6 Å². The third-order valence-corrected chi connectivity index (χ3v) is 16.8. The minimum absolute atomic E-state index is 0.00960. The van der Waals surface area contributed by atoms with Crippen molar-refractivity contribution in [2.24, 2.45) is 28.9 Å². The number of hydrogen-bond donors (Lipinski definition) is 17. The van der Waals surface area contributed by atoms with E-state index < -0.39 is 168 Å². The van der Waals surface area contributed by atoms with E-state index in [-0.39, 0.29) is 81.8 Å². The highest BCUT2D eigenvalue weighted by molar-refractivity contribution is 7.80. The second kappa shape index (κ2) is 38.7. The minimum Gasteiger partial charge on any atom is -0.508 e. The Morgan fingerprint density at radius 2 is 1.11 bits per heavy atom. The molecule has 514 valence electrons. The number of hydrogen-bond acceptors (Lipinski definition) is 18. The topological polar surface area (TPSA) is 481 Å². The molecule has 2 aromatic carbocycles. The van der Waals surface area contributed by atoms with Crippen LogP contribution in [0.25, 0.3) is 0 Å². The van der Waals surface area contributed by atoms with Gasteiger partial charge in [-0.25, -0.2) is 4.79 Å². The summed E-state index contributed by atoms with van der Waals surface area (Å²) in [7, 11) is 0. The van der Waals surface area contributed by atoms with Crippen molar-refractivity contribution < 1.29 is 72.5 Å². The molecule has 2 aliphatic rings. The summed E-state index contributed by atoms with van der Waals surface area (Å²) in [6, 6.07) is -1.14. The number of nitrogens with two attached hydrogens (primary N) is 4. The van der Waals surface area contributed by atoms with Crippen LogP contribution in [-0.4, -0.2) is 201 Å². The fourth-order valence-electron chi connectivity index (χ4n) is 10.7. The third kappa shape index (κ3) is 24.3. The van der Waals surface area contributed by atoms with Crippen LogP contribution in [-0.2, 0) is 70.4 Å². The van der Waals surface area contributed by atoms with Crippen LogP contribution in [0.1, 0.15) is 116 Å². The number of phenols is 1. The Morgan fingerprint density at radius 1 is 0.591 bits per heavy atom. The molecule has 30 nitrogen and oxygen atoms in total. The van der Waals surface area contributed by atoms with Crippen LogP contribution >= 0.6 is 25.3 Å². The van der Waals surface area contributed by atoms with Crippen LogP contribution < -0.4 is 70.8 Å². The Kier molecular flexibility index (Phi) is 32.1. The lowest BCUT2D eigenvalue weighted by atomic mass is 9.97. The molecule has 0 unspecified atom stereocenters. The first-order chi connectivity index (χ1) is 44.2. The van der Waals surface area contributed by atoms with E-state index in [1.165, 1.54) is 29.2 Å². The van der Waals surface area contributed by atoms with Gasteiger partial charge in [0.15, 0.2) is 0 Å². The number of amides is 14. The first-order valence-electron chi connectivity index (χ1n) is 31.3. The highest BCUT2D eigenvalue weighted by Gasteiger charge is 2.47.